The molecule has 5 rings (SSSR count). The van der Waals surface area contributed by atoms with E-state index in [1.165, 1.54) is 37.3 Å². The van der Waals surface area contributed by atoms with Crippen molar-refractivity contribution in [2.24, 2.45) is 28.6 Å². The van der Waals surface area contributed by atoms with Crippen LogP contribution in [0.3, 0.4) is 0 Å². The molecule has 9 atom stereocenters. The molecule has 13 heteroatoms. The lowest BCUT2D eigenvalue weighted by molar-refractivity contribution is -0.385. The van der Waals surface area contributed by atoms with Crippen molar-refractivity contribution in [3.8, 4) is 0 Å². The third-order valence-corrected chi connectivity index (χ3v) is 10.7. The van der Waals surface area contributed by atoms with Crippen LogP contribution in [-0.4, -0.2) is 63.9 Å². The van der Waals surface area contributed by atoms with Crippen LogP contribution in [-0.2, 0) is 35.2 Å². The average molecular weight is 632 g/mol. The number of hydrogen-bond donors (Lipinski definition) is 1. The van der Waals surface area contributed by atoms with Crippen molar-refractivity contribution < 1.29 is 52.2 Å². The van der Waals surface area contributed by atoms with Crippen LogP contribution < -0.4 is 0 Å². The molecule has 0 aromatic heterocycles. The number of esters is 1. The van der Waals surface area contributed by atoms with Gasteiger partial charge in [0.2, 0.25) is 5.78 Å². The lowest BCUT2D eigenvalue weighted by Crippen LogP contribution is -2.71. The van der Waals surface area contributed by atoms with Crippen LogP contribution in [0.4, 0.5) is 19.3 Å². The predicted octanol–water partition coefficient (Wildman–Crippen LogP) is 4.68. The quantitative estimate of drug-likeness (QED) is 0.254. The second-order valence-corrected chi connectivity index (χ2v) is 13.0. The van der Waals surface area contributed by atoms with Gasteiger partial charge in [0.25, 0.3) is 5.69 Å². The molecule has 1 aromatic rings. The fraction of sp³-hybridized carbons (Fsp3) is 0.562. The molecule has 0 radical (unpaired) electrons. The molecule has 0 spiro atoms. The van der Waals surface area contributed by atoms with Crippen molar-refractivity contribution in [1.29, 1.82) is 0 Å². The minimum atomic E-state index is -2.40. The molecule has 1 aromatic carbocycles. The van der Waals surface area contributed by atoms with E-state index in [1.807, 2.05) is 0 Å². The van der Waals surface area contributed by atoms with Gasteiger partial charge in [-0.15, -0.1) is 0 Å². The Morgan fingerprint density at radius 2 is 1.82 bits per heavy atom. The SMILES string of the molecule is CC(=O)O[C@]1(C(=O)COC(=O)OCc2ccccc2[N+](=O)[O-])C(C)C[C@H]2[C@@H]3CC(F)C4=CC(=O)C=C[C@]4(C)[C@@]3(F)C(O)C[C@@]21C. The first-order valence-corrected chi connectivity index (χ1v) is 14.7. The summed E-state index contributed by atoms with van der Waals surface area (Å²) in [7, 11) is 0. The third-order valence-electron chi connectivity index (χ3n) is 10.7. The van der Waals surface area contributed by atoms with Crippen LogP contribution >= 0.6 is 0 Å². The molecule has 1 N–H and O–H groups in total. The second kappa shape index (κ2) is 11.1. The fourth-order valence-electron chi connectivity index (χ4n) is 8.84. The number of rotatable bonds is 7. The zero-order valence-electron chi connectivity index (χ0n) is 25.3. The summed E-state index contributed by atoms with van der Waals surface area (Å²) in [5, 5.41) is 22.8. The van der Waals surface area contributed by atoms with Crippen LogP contribution in [0.1, 0.15) is 52.5 Å². The van der Waals surface area contributed by atoms with E-state index >= 15 is 8.78 Å². The van der Waals surface area contributed by atoms with Gasteiger partial charge in [0.05, 0.1) is 16.6 Å². The number of Topliss-reactive ketones (excluding diaryl/α,β-unsaturated/α-hetero) is 1. The number of halogens is 2. The zero-order valence-corrected chi connectivity index (χ0v) is 25.3. The Morgan fingerprint density at radius 1 is 1.13 bits per heavy atom. The zero-order chi connectivity index (χ0) is 33.1. The molecule has 0 bridgehead atoms. The van der Waals surface area contributed by atoms with Crippen molar-refractivity contribution in [1.82, 2.24) is 0 Å². The topological polar surface area (TPSA) is 159 Å². The number of hydrogen-bond acceptors (Lipinski definition) is 10. The smallest absolute Gasteiger partial charge is 0.450 e. The number of fused-ring (bicyclic) bond motifs is 5. The summed E-state index contributed by atoms with van der Waals surface area (Å²) >= 11 is 0. The first-order valence-electron chi connectivity index (χ1n) is 14.7. The lowest BCUT2D eigenvalue weighted by atomic mass is 9.44. The highest BCUT2D eigenvalue weighted by Gasteiger charge is 2.78. The third kappa shape index (κ3) is 4.69. The van der Waals surface area contributed by atoms with Gasteiger partial charge >= 0.3 is 12.1 Å². The molecule has 0 heterocycles. The van der Waals surface area contributed by atoms with Gasteiger partial charge < -0.3 is 19.3 Å². The fourth-order valence-corrected chi connectivity index (χ4v) is 8.84. The maximum Gasteiger partial charge on any atom is 0.509 e. The van der Waals surface area contributed by atoms with E-state index < -0.39 is 94.0 Å². The maximum atomic E-state index is 17.5. The van der Waals surface area contributed by atoms with Gasteiger partial charge in [-0.05, 0) is 55.9 Å². The van der Waals surface area contributed by atoms with Crippen LogP contribution in [0.15, 0.2) is 48.1 Å². The number of aliphatic hydroxyl groups is 1. The number of para-hydroxylation sites is 1. The number of nitro benzene ring substituents is 1. The molecule has 3 unspecified atom stereocenters. The van der Waals surface area contributed by atoms with Crippen LogP contribution in [0.2, 0.25) is 0 Å². The molecule has 242 valence electrons. The normalized spacial score (nSPS) is 38.2. The van der Waals surface area contributed by atoms with E-state index in [4.69, 9.17) is 14.2 Å². The van der Waals surface area contributed by atoms with Gasteiger partial charge in [0, 0.05) is 35.7 Å². The number of allylic oxidation sites excluding steroid dienone is 4. The summed E-state index contributed by atoms with van der Waals surface area (Å²) in [6.45, 7) is 4.35. The van der Waals surface area contributed by atoms with Gasteiger partial charge in [-0.1, -0.05) is 32.1 Å². The highest BCUT2D eigenvalue weighted by Crippen LogP contribution is 2.71. The number of carbonyl (C=O) groups excluding carboxylic acids is 4. The Hall–Kier alpha value is -4.00. The first-order chi connectivity index (χ1) is 21.0. The minimum absolute atomic E-state index is 0.0440. The van der Waals surface area contributed by atoms with Gasteiger partial charge in [0.15, 0.2) is 23.7 Å². The van der Waals surface area contributed by atoms with Crippen molar-refractivity contribution in [2.45, 2.75) is 77.1 Å². The molecule has 3 saturated carbocycles. The summed E-state index contributed by atoms with van der Waals surface area (Å²) < 4.78 is 49.1. The summed E-state index contributed by atoms with van der Waals surface area (Å²) in [6, 6.07) is 5.59. The molecular weight excluding hydrogens is 596 g/mol. The molecule has 0 amide bonds. The molecule has 45 heavy (non-hydrogen) atoms. The number of benzene rings is 1. The minimum Gasteiger partial charge on any atom is -0.450 e. The summed E-state index contributed by atoms with van der Waals surface area (Å²) in [5.74, 6) is -4.77. The highest BCUT2D eigenvalue weighted by atomic mass is 19.1. The average Bonchev–Trinajstić information content (AvgIpc) is 3.19. The van der Waals surface area contributed by atoms with Gasteiger partial charge in [-0.3, -0.25) is 24.5 Å². The van der Waals surface area contributed by atoms with Crippen LogP contribution in [0, 0.1) is 38.7 Å². The number of aliphatic hydroxyl groups excluding tert-OH is 1. The van der Waals surface area contributed by atoms with Crippen molar-refractivity contribution >= 4 is 29.4 Å². The predicted molar refractivity (Wildman–Crippen MR) is 152 cm³/mol. The number of alkyl halides is 2. The monoisotopic (exact) mass is 631 g/mol. The first kappa shape index (κ1) is 32.4. The van der Waals surface area contributed by atoms with E-state index in [2.05, 4.69) is 0 Å². The Balaban J connectivity index is 1.42. The largest absolute Gasteiger partial charge is 0.509 e. The molecular formula is C32H35F2NO10. The summed E-state index contributed by atoms with van der Waals surface area (Å²) in [5.41, 5.74) is -7.65. The van der Waals surface area contributed by atoms with Crippen LogP contribution in [0.25, 0.3) is 0 Å². The van der Waals surface area contributed by atoms with E-state index in [9.17, 15) is 34.4 Å². The Kier molecular flexibility index (Phi) is 8.00. The Morgan fingerprint density at radius 3 is 2.49 bits per heavy atom. The number of carbonyl (C=O) groups is 4. The number of ketones is 2. The van der Waals surface area contributed by atoms with Crippen molar-refractivity contribution in [3.63, 3.8) is 0 Å². The van der Waals surface area contributed by atoms with Gasteiger partial charge in [-0.25, -0.2) is 13.6 Å². The number of ether oxygens (including phenoxy) is 3. The van der Waals surface area contributed by atoms with E-state index in [0.29, 0.717) is 0 Å². The summed E-state index contributed by atoms with van der Waals surface area (Å²) in [4.78, 5) is 61.7. The second-order valence-electron chi connectivity index (χ2n) is 13.0. The van der Waals surface area contributed by atoms with Crippen molar-refractivity contribution in [3.05, 3.63) is 63.7 Å². The molecule has 0 saturated heterocycles. The maximum absolute atomic E-state index is 17.5. The number of nitrogens with zero attached hydrogens (tertiary/aromatic N) is 1. The Bertz CT molecular complexity index is 1530. The van der Waals surface area contributed by atoms with E-state index in [-0.39, 0.29) is 36.1 Å². The van der Waals surface area contributed by atoms with E-state index in [0.717, 1.165) is 19.1 Å². The van der Waals surface area contributed by atoms with Crippen LogP contribution in [0.5, 0.6) is 0 Å². The summed E-state index contributed by atoms with van der Waals surface area (Å²) in [6.07, 6.45) is -1.78. The molecule has 0 aliphatic heterocycles. The standard InChI is InChI=1S/C32H35F2NO10/c1-17-11-21-22-13-24(33)23-12-20(37)9-10-29(23,3)31(22,34)26(38)14-30(21,4)32(17,45-18(2)36)27(39)16-44-28(40)43-15-19-7-5-6-8-25(19)35(41)42/h5-10,12,17,21-22,24,26,38H,11,13-16H2,1-4H3/t17?,21-,22-,24?,26?,29-,30-,31-,32-/m0/s1. The van der Waals surface area contributed by atoms with E-state index in [1.54, 1.807) is 13.8 Å². The van der Waals surface area contributed by atoms with Crippen molar-refractivity contribution in [2.75, 3.05) is 6.61 Å². The lowest BCUT2D eigenvalue weighted by Gasteiger charge is -2.63. The molecule has 3 fully saturated rings. The molecule has 11 nitrogen and oxygen atoms in total. The Labute approximate surface area is 257 Å². The molecule has 4 aliphatic rings. The molecule has 4 aliphatic carbocycles. The van der Waals surface area contributed by atoms with Gasteiger partial charge in [0.1, 0.15) is 12.8 Å². The highest BCUT2D eigenvalue weighted by molar-refractivity contribution is 6.01. The van der Waals surface area contributed by atoms with Gasteiger partial charge in [-0.2, -0.15) is 0 Å². The number of nitro groups is 1.